The Hall–Kier alpha value is -2.27. The van der Waals surface area contributed by atoms with E-state index in [4.69, 9.17) is 0 Å². The number of ether oxygens (including phenoxy) is 1. The highest BCUT2D eigenvalue weighted by Crippen LogP contribution is 2.31. The normalized spacial score (nSPS) is 22.2. The molecule has 0 radical (unpaired) electrons. The highest BCUT2D eigenvalue weighted by atomic mass is 32.1. The standard InChI is InChI=1S/C19H21NO3S/c1-13(10-19(22)23-3)4-6-17-14(2)11-16(21)12-15(17)5-7-18-20-8-9-24-18/h4-10,12,14,17H,11H2,1-3H3/b6-4+,7-5+,13-10-. The summed E-state index contributed by atoms with van der Waals surface area (Å²) in [4.78, 5) is 27.4. The molecular formula is C19H21NO3S. The number of carbonyl (C=O) groups is 2. The predicted molar refractivity (Wildman–Crippen MR) is 96.4 cm³/mol. The molecule has 2 atom stereocenters. The smallest absolute Gasteiger partial charge is 0.330 e. The van der Waals surface area contributed by atoms with Crippen molar-refractivity contribution in [2.45, 2.75) is 20.3 Å². The van der Waals surface area contributed by atoms with E-state index < -0.39 is 0 Å². The topological polar surface area (TPSA) is 56.3 Å². The highest BCUT2D eigenvalue weighted by molar-refractivity contribution is 7.10. The Bertz CT molecular complexity index is 711. The van der Waals surface area contributed by atoms with Crippen LogP contribution >= 0.6 is 11.3 Å². The molecule has 0 aliphatic heterocycles. The lowest BCUT2D eigenvalue weighted by atomic mass is 9.78. The van der Waals surface area contributed by atoms with Gasteiger partial charge in [-0.25, -0.2) is 9.78 Å². The molecule has 0 saturated heterocycles. The second-order valence-electron chi connectivity index (χ2n) is 5.79. The SMILES string of the molecule is COC(=O)/C=C(C)\C=C\C1C(/C=C/c2nccs2)=CC(=O)CC1C. The Kier molecular flexibility index (Phi) is 6.44. The molecule has 5 heteroatoms. The molecule has 0 aromatic carbocycles. The number of nitrogens with zero attached hydrogens (tertiary/aromatic N) is 1. The zero-order chi connectivity index (χ0) is 17.5. The number of methoxy groups -OCH3 is 1. The molecule has 0 saturated carbocycles. The molecule has 2 rings (SSSR count). The maximum atomic E-state index is 11.9. The fraction of sp³-hybridized carbons (Fsp3) is 0.316. The van der Waals surface area contributed by atoms with Crippen molar-refractivity contribution in [1.29, 1.82) is 0 Å². The Morgan fingerprint density at radius 2 is 2.21 bits per heavy atom. The Balaban J connectivity index is 2.20. The lowest BCUT2D eigenvalue weighted by Crippen LogP contribution is -2.20. The van der Waals surface area contributed by atoms with Crippen molar-refractivity contribution in [2.75, 3.05) is 7.11 Å². The highest BCUT2D eigenvalue weighted by Gasteiger charge is 2.25. The van der Waals surface area contributed by atoms with E-state index in [1.165, 1.54) is 13.2 Å². The third-order valence-corrected chi connectivity index (χ3v) is 4.57. The number of carbonyl (C=O) groups excluding carboxylic acids is 2. The largest absolute Gasteiger partial charge is 0.466 e. The molecule has 0 fully saturated rings. The van der Waals surface area contributed by atoms with Crippen LogP contribution in [-0.4, -0.2) is 23.8 Å². The first kappa shape index (κ1) is 18.1. The summed E-state index contributed by atoms with van der Waals surface area (Å²) in [6, 6.07) is 0. The maximum Gasteiger partial charge on any atom is 0.330 e. The Labute approximate surface area is 146 Å². The summed E-state index contributed by atoms with van der Waals surface area (Å²) in [6.07, 6.45) is 13.3. The Morgan fingerprint density at radius 3 is 2.88 bits per heavy atom. The minimum atomic E-state index is -0.372. The van der Waals surface area contributed by atoms with E-state index in [2.05, 4.69) is 16.6 Å². The van der Waals surface area contributed by atoms with Crippen LogP contribution < -0.4 is 0 Å². The van der Waals surface area contributed by atoms with Gasteiger partial charge in [-0.05, 0) is 36.1 Å². The minimum Gasteiger partial charge on any atom is -0.466 e. The molecule has 0 spiro atoms. The van der Waals surface area contributed by atoms with E-state index in [1.807, 2.05) is 36.6 Å². The Morgan fingerprint density at radius 1 is 1.42 bits per heavy atom. The van der Waals surface area contributed by atoms with Crippen LogP contribution in [-0.2, 0) is 14.3 Å². The van der Waals surface area contributed by atoms with Crippen LogP contribution in [0.4, 0.5) is 0 Å². The van der Waals surface area contributed by atoms with E-state index in [9.17, 15) is 9.59 Å². The third kappa shape index (κ3) is 5.13. The first-order valence-electron chi connectivity index (χ1n) is 7.76. The first-order valence-corrected chi connectivity index (χ1v) is 8.64. The van der Waals surface area contributed by atoms with Crippen molar-refractivity contribution < 1.29 is 14.3 Å². The van der Waals surface area contributed by atoms with Gasteiger partial charge in [-0.3, -0.25) is 4.79 Å². The molecule has 2 unspecified atom stereocenters. The van der Waals surface area contributed by atoms with Gasteiger partial charge in [-0.1, -0.05) is 25.2 Å². The summed E-state index contributed by atoms with van der Waals surface area (Å²) < 4.78 is 4.63. The molecule has 0 bridgehead atoms. The fourth-order valence-corrected chi connectivity index (χ4v) is 3.14. The van der Waals surface area contributed by atoms with Crippen LogP contribution in [0.15, 0.2) is 53.1 Å². The number of thiazole rings is 1. The zero-order valence-corrected chi connectivity index (χ0v) is 14.9. The number of esters is 1. The molecular weight excluding hydrogens is 322 g/mol. The van der Waals surface area contributed by atoms with Gasteiger partial charge in [-0.2, -0.15) is 0 Å². The van der Waals surface area contributed by atoms with Crippen LogP contribution in [0.2, 0.25) is 0 Å². The van der Waals surface area contributed by atoms with Crippen molar-refractivity contribution in [2.24, 2.45) is 11.8 Å². The monoisotopic (exact) mass is 343 g/mol. The molecule has 1 aliphatic carbocycles. The van der Waals surface area contributed by atoms with Crippen LogP contribution in [0.5, 0.6) is 0 Å². The average molecular weight is 343 g/mol. The minimum absolute atomic E-state index is 0.125. The number of hydrogen-bond acceptors (Lipinski definition) is 5. The number of hydrogen-bond donors (Lipinski definition) is 0. The lowest BCUT2D eigenvalue weighted by molar-refractivity contribution is -0.134. The van der Waals surface area contributed by atoms with Gasteiger partial charge in [0.05, 0.1) is 7.11 Å². The van der Waals surface area contributed by atoms with Gasteiger partial charge in [0.15, 0.2) is 5.78 Å². The summed E-state index contributed by atoms with van der Waals surface area (Å²) in [6.45, 7) is 3.91. The van der Waals surface area contributed by atoms with Gasteiger partial charge in [0.2, 0.25) is 0 Å². The van der Waals surface area contributed by atoms with E-state index in [-0.39, 0.29) is 23.6 Å². The van der Waals surface area contributed by atoms with Gasteiger partial charge >= 0.3 is 5.97 Å². The van der Waals surface area contributed by atoms with Crippen molar-refractivity contribution in [3.63, 3.8) is 0 Å². The fourth-order valence-electron chi connectivity index (χ4n) is 2.61. The van der Waals surface area contributed by atoms with Crippen molar-refractivity contribution in [3.8, 4) is 0 Å². The maximum absolute atomic E-state index is 11.9. The number of allylic oxidation sites excluding steroid dienone is 6. The van der Waals surface area contributed by atoms with E-state index in [1.54, 1.807) is 23.6 Å². The zero-order valence-electron chi connectivity index (χ0n) is 14.1. The molecule has 1 aliphatic rings. The summed E-state index contributed by atoms with van der Waals surface area (Å²) in [5.41, 5.74) is 1.78. The summed E-state index contributed by atoms with van der Waals surface area (Å²) in [5.74, 6) is 0.108. The third-order valence-electron chi connectivity index (χ3n) is 3.83. The average Bonchev–Trinajstić information content (AvgIpc) is 3.05. The first-order chi connectivity index (χ1) is 11.5. The van der Waals surface area contributed by atoms with Crippen LogP contribution in [0, 0.1) is 11.8 Å². The molecule has 4 nitrogen and oxygen atoms in total. The van der Waals surface area contributed by atoms with Gasteiger partial charge in [-0.15, -0.1) is 11.3 Å². The number of rotatable bonds is 5. The number of ketones is 1. The summed E-state index contributed by atoms with van der Waals surface area (Å²) in [7, 11) is 1.36. The molecule has 1 heterocycles. The molecule has 1 aromatic heterocycles. The quantitative estimate of drug-likeness (QED) is 0.461. The molecule has 24 heavy (non-hydrogen) atoms. The molecule has 0 N–H and O–H groups in total. The molecule has 0 amide bonds. The second-order valence-corrected chi connectivity index (χ2v) is 6.72. The van der Waals surface area contributed by atoms with Gasteiger partial charge in [0.1, 0.15) is 5.01 Å². The van der Waals surface area contributed by atoms with Crippen molar-refractivity contribution >= 4 is 29.2 Å². The van der Waals surface area contributed by atoms with E-state index >= 15 is 0 Å². The second kappa shape index (κ2) is 8.55. The van der Waals surface area contributed by atoms with Gasteiger partial charge < -0.3 is 4.74 Å². The lowest BCUT2D eigenvalue weighted by Gasteiger charge is -2.25. The summed E-state index contributed by atoms with van der Waals surface area (Å²) in [5, 5.41) is 2.83. The molecule has 126 valence electrons. The predicted octanol–water partition coefficient (Wildman–Crippen LogP) is 3.98. The van der Waals surface area contributed by atoms with Crippen molar-refractivity contribution in [1.82, 2.24) is 4.98 Å². The van der Waals surface area contributed by atoms with Gasteiger partial charge in [0.25, 0.3) is 0 Å². The van der Waals surface area contributed by atoms with Gasteiger partial charge in [0, 0.05) is 30.0 Å². The van der Waals surface area contributed by atoms with E-state index in [0.717, 1.165) is 16.2 Å². The van der Waals surface area contributed by atoms with Crippen LogP contribution in [0.3, 0.4) is 0 Å². The van der Waals surface area contributed by atoms with Crippen molar-refractivity contribution in [3.05, 3.63) is 58.1 Å². The number of aromatic nitrogens is 1. The summed E-state index contributed by atoms with van der Waals surface area (Å²) >= 11 is 1.55. The molecule has 1 aromatic rings. The van der Waals surface area contributed by atoms with E-state index in [0.29, 0.717) is 6.42 Å². The van der Waals surface area contributed by atoms with Crippen LogP contribution in [0.25, 0.3) is 6.08 Å². The van der Waals surface area contributed by atoms with Crippen LogP contribution in [0.1, 0.15) is 25.3 Å².